The van der Waals surface area contributed by atoms with Gasteiger partial charge in [-0.1, -0.05) is 92.2 Å². The first kappa shape index (κ1) is 25.8. The predicted molar refractivity (Wildman–Crippen MR) is 145 cm³/mol. The maximum absolute atomic E-state index is 13.6. The minimum Gasteiger partial charge on any atom is -0.459 e. The van der Waals surface area contributed by atoms with Crippen LogP contribution in [0, 0.1) is 0 Å². The van der Waals surface area contributed by atoms with Gasteiger partial charge in [0.2, 0.25) is 0 Å². The maximum atomic E-state index is 13.6. The van der Waals surface area contributed by atoms with E-state index >= 15 is 0 Å². The standard InChI is InChI=1S/C32H37NO3/c1-5-6-16-24(34)21-22-29(30(35)36-31(2,3)4)33-32(23-14-8-7-9-15-23)27-19-12-10-17-25(27)26-18-11-13-20-28(26)32/h7-15,17-20,29,33H,5-6,16,21-22H2,1-4H3/t29-/m0/s1. The van der Waals surface area contributed by atoms with Crippen LogP contribution in [0.1, 0.15) is 76.5 Å². The maximum Gasteiger partial charge on any atom is 0.323 e. The topological polar surface area (TPSA) is 55.4 Å². The number of fused-ring (bicyclic) bond motifs is 3. The lowest BCUT2D eigenvalue weighted by molar-refractivity contribution is -0.158. The fourth-order valence-electron chi connectivity index (χ4n) is 5.16. The molecule has 0 saturated carbocycles. The van der Waals surface area contributed by atoms with E-state index in [0.29, 0.717) is 19.3 Å². The zero-order chi connectivity index (χ0) is 25.8. The number of unbranched alkanes of at least 4 members (excludes halogenated alkanes) is 1. The molecule has 1 atom stereocenters. The molecule has 4 heteroatoms. The van der Waals surface area contributed by atoms with Crippen molar-refractivity contribution in [2.24, 2.45) is 0 Å². The third kappa shape index (κ3) is 5.29. The molecule has 0 unspecified atom stereocenters. The van der Waals surface area contributed by atoms with Crippen LogP contribution in [0.4, 0.5) is 0 Å². The summed E-state index contributed by atoms with van der Waals surface area (Å²) in [5.41, 5.74) is 4.16. The van der Waals surface area contributed by atoms with Crippen LogP contribution in [0.25, 0.3) is 11.1 Å². The van der Waals surface area contributed by atoms with E-state index in [4.69, 9.17) is 4.74 Å². The zero-order valence-corrected chi connectivity index (χ0v) is 21.8. The monoisotopic (exact) mass is 483 g/mol. The Hall–Kier alpha value is -3.24. The molecule has 0 amide bonds. The van der Waals surface area contributed by atoms with Gasteiger partial charge in [-0.25, -0.2) is 0 Å². The Morgan fingerprint density at radius 1 is 0.833 bits per heavy atom. The normalized spacial score (nSPS) is 14.6. The van der Waals surface area contributed by atoms with E-state index in [0.717, 1.165) is 40.7 Å². The number of rotatable bonds is 10. The number of benzene rings is 3. The van der Waals surface area contributed by atoms with Crippen molar-refractivity contribution in [1.82, 2.24) is 5.32 Å². The number of hydrogen-bond acceptors (Lipinski definition) is 4. The molecular formula is C32H37NO3. The molecule has 0 aromatic heterocycles. The summed E-state index contributed by atoms with van der Waals surface area (Å²) in [6.45, 7) is 7.71. The Balaban J connectivity index is 1.81. The molecule has 0 spiro atoms. The van der Waals surface area contributed by atoms with Gasteiger partial charge < -0.3 is 4.74 Å². The smallest absolute Gasteiger partial charge is 0.323 e. The molecule has 1 aliphatic rings. The summed E-state index contributed by atoms with van der Waals surface area (Å²) in [5, 5.41) is 3.77. The molecule has 1 N–H and O–H groups in total. The van der Waals surface area contributed by atoms with Gasteiger partial charge in [-0.2, -0.15) is 0 Å². The fourth-order valence-corrected chi connectivity index (χ4v) is 5.16. The summed E-state index contributed by atoms with van der Waals surface area (Å²) in [6.07, 6.45) is 3.12. The van der Waals surface area contributed by atoms with E-state index in [2.05, 4.69) is 60.8 Å². The van der Waals surface area contributed by atoms with E-state index in [1.165, 1.54) is 0 Å². The number of ether oxygens (including phenoxy) is 1. The largest absolute Gasteiger partial charge is 0.459 e. The third-order valence-corrected chi connectivity index (χ3v) is 6.76. The van der Waals surface area contributed by atoms with Crippen molar-refractivity contribution in [1.29, 1.82) is 0 Å². The Morgan fingerprint density at radius 3 is 1.94 bits per heavy atom. The highest BCUT2D eigenvalue weighted by Crippen LogP contribution is 2.51. The van der Waals surface area contributed by atoms with Crippen LogP contribution in [-0.4, -0.2) is 23.4 Å². The Bertz CT molecular complexity index is 1160. The summed E-state index contributed by atoms with van der Waals surface area (Å²) in [7, 11) is 0. The first-order valence-electron chi connectivity index (χ1n) is 13.0. The Morgan fingerprint density at radius 2 is 1.39 bits per heavy atom. The zero-order valence-electron chi connectivity index (χ0n) is 21.8. The summed E-state index contributed by atoms with van der Waals surface area (Å²) in [6, 6.07) is 26.3. The van der Waals surface area contributed by atoms with E-state index < -0.39 is 17.2 Å². The van der Waals surface area contributed by atoms with Crippen molar-refractivity contribution < 1.29 is 14.3 Å². The van der Waals surface area contributed by atoms with Gasteiger partial charge in [0.15, 0.2) is 0 Å². The second-order valence-electron chi connectivity index (χ2n) is 10.6. The molecule has 4 nitrogen and oxygen atoms in total. The highest BCUT2D eigenvalue weighted by Gasteiger charge is 2.47. The molecule has 0 aliphatic heterocycles. The van der Waals surface area contributed by atoms with Crippen LogP contribution in [-0.2, 0) is 19.9 Å². The molecule has 1 aliphatic carbocycles. The molecule has 0 fully saturated rings. The van der Waals surface area contributed by atoms with Crippen LogP contribution in [0.15, 0.2) is 78.9 Å². The van der Waals surface area contributed by atoms with Gasteiger partial charge in [0.05, 0.1) is 5.54 Å². The summed E-state index contributed by atoms with van der Waals surface area (Å²) in [5.74, 6) is -0.142. The fraction of sp³-hybridized carbons (Fsp3) is 0.375. The van der Waals surface area contributed by atoms with Crippen molar-refractivity contribution in [3.8, 4) is 11.1 Å². The minimum absolute atomic E-state index is 0.188. The van der Waals surface area contributed by atoms with E-state index in [1.54, 1.807) is 0 Å². The second-order valence-corrected chi connectivity index (χ2v) is 10.6. The van der Waals surface area contributed by atoms with Crippen molar-refractivity contribution in [2.45, 2.75) is 77.0 Å². The molecule has 4 rings (SSSR count). The van der Waals surface area contributed by atoms with Crippen LogP contribution < -0.4 is 5.32 Å². The van der Waals surface area contributed by atoms with Crippen LogP contribution >= 0.6 is 0 Å². The Labute approximate surface area is 215 Å². The molecule has 0 saturated heterocycles. The number of Topliss-reactive ketones (excluding diaryl/α,β-unsaturated/α-hetero) is 1. The molecule has 188 valence electrons. The van der Waals surface area contributed by atoms with Gasteiger partial charge >= 0.3 is 5.97 Å². The average molecular weight is 484 g/mol. The SMILES string of the molecule is CCCCC(=O)CC[C@H](NC1(c2ccccc2)c2ccccc2-c2ccccc21)C(=O)OC(C)(C)C. The van der Waals surface area contributed by atoms with Gasteiger partial charge in [0, 0.05) is 12.8 Å². The molecule has 36 heavy (non-hydrogen) atoms. The molecule has 0 heterocycles. The van der Waals surface area contributed by atoms with Crippen LogP contribution in [0.3, 0.4) is 0 Å². The summed E-state index contributed by atoms with van der Waals surface area (Å²) >= 11 is 0. The van der Waals surface area contributed by atoms with Gasteiger partial charge in [-0.05, 0) is 61.4 Å². The van der Waals surface area contributed by atoms with Gasteiger partial charge in [-0.3, -0.25) is 14.9 Å². The second kappa shape index (κ2) is 10.8. The van der Waals surface area contributed by atoms with Crippen molar-refractivity contribution in [3.63, 3.8) is 0 Å². The van der Waals surface area contributed by atoms with E-state index in [1.807, 2.05) is 51.1 Å². The van der Waals surface area contributed by atoms with Gasteiger partial charge in [0.1, 0.15) is 17.4 Å². The van der Waals surface area contributed by atoms with Crippen LogP contribution in [0.5, 0.6) is 0 Å². The number of nitrogens with one attached hydrogen (secondary N) is 1. The van der Waals surface area contributed by atoms with Crippen molar-refractivity contribution >= 4 is 11.8 Å². The average Bonchev–Trinajstić information content (AvgIpc) is 3.15. The van der Waals surface area contributed by atoms with E-state index in [-0.39, 0.29) is 11.8 Å². The van der Waals surface area contributed by atoms with Gasteiger partial charge in [-0.15, -0.1) is 0 Å². The lowest BCUT2D eigenvalue weighted by Gasteiger charge is -2.38. The number of carbonyl (C=O) groups excluding carboxylic acids is 2. The van der Waals surface area contributed by atoms with Gasteiger partial charge in [0.25, 0.3) is 0 Å². The third-order valence-electron chi connectivity index (χ3n) is 6.76. The molecular weight excluding hydrogens is 446 g/mol. The summed E-state index contributed by atoms with van der Waals surface area (Å²) < 4.78 is 5.87. The lowest BCUT2D eigenvalue weighted by Crippen LogP contribution is -2.53. The minimum atomic E-state index is -0.748. The first-order chi connectivity index (χ1) is 17.3. The Kier molecular flexibility index (Phi) is 7.75. The molecule has 0 radical (unpaired) electrons. The highest BCUT2D eigenvalue weighted by molar-refractivity contribution is 5.85. The number of ketones is 1. The highest BCUT2D eigenvalue weighted by atomic mass is 16.6. The van der Waals surface area contributed by atoms with E-state index in [9.17, 15) is 9.59 Å². The number of carbonyl (C=O) groups is 2. The van der Waals surface area contributed by atoms with Crippen LogP contribution in [0.2, 0.25) is 0 Å². The molecule has 3 aromatic carbocycles. The predicted octanol–water partition coefficient (Wildman–Crippen LogP) is 6.80. The number of hydrogen-bond donors (Lipinski definition) is 1. The van der Waals surface area contributed by atoms with Crippen molar-refractivity contribution in [2.75, 3.05) is 0 Å². The molecule has 0 bridgehead atoms. The summed E-state index contributed by atoms with van der Waals surface area (Å²) in [4.78, 5) is 26.2. The molecule has 3 aromatic rings. The van der Waals surface area contributed by atoms with Crippen molar-refractivity contribution in [3.05, 3.63) is 95.6 Å². The lowest BCUT2D eigenvalue weighted by atomic mass is 9.79. The quantitative estimate of drug-likeness (QED) is 0.322. The first-order valence-corrected chi connectivity index (χ1v) is 13.0. The number of esters is 1.